The van der Waals surface area contributed by atoms with E-state index in [9.17, 15) is 0 Å². The normalized spacial score (nSPS) is 11.7. The van der Waals surface area contributed by atoms with Crippen LogP contribution in [0.5, 0.6) is 0 Å². The molecule has 0 aliphatic rings. The van der Waals surface area contributed by atoms with Gasteiger partial charge in [0.05, 0.1) is 9.77 Å². The standard InChI is InChI=1S/C14H20IN5/c1-6-16-11-9(2)12(20-8-10(15)7-17-20)19-13(18-11)14(3,4)5/h7-8H,6H2,1-5H3,(H,16,18,19). The monoisotopic (exact) mass is 385 g/mol. The lowest BCUT2D eigenvalue weighted by molar-refractivity contribution is 0.542. The largest absolute Gasteiger partial charge is 0.370 e. The maximum atomic E-state index is 4.72. The van der Waals surface area contributed by atoms with E-state index in [1.54, 1.807) is 0 Å². The van der Waals surface area contributed by atoms with Crippen LogP contribution in [0.25, 0.3) is 5.82 Å². The van der Waals surface area contributed by atoms with Gasteiger partial charge in [0.2, 0.25) is 0 Å². The summed E-state index contributed by atoms with van der Waals surface area (Å²) in [5.41, 5.74) is 0.909. The van der Waals surface area contributed by atoms with Crippen LogP contribution in [0.1, 0.15) is 39.1 Å². The fourth-order valence-electron chi connectivity index (χ4n) is 1.82. The molecule has 2 heterocycles. The van der Waals surface area contributed by atoms with Crippen molar-refractivity contribution in [1.82, 2.24) is 19.7 Å². The Hall–Kier alpha value is -1.18. The minimum Gasteiger partial charge on any atom is -0.370 e. The van der Waals surface area contributed by atoms with Crippen LogP contribution in [0, 0.1) is 10.5 Å². The first-order valence-corrected chi connectivity index (χ1v) is 7.74. The Morgan fingerprint density at radius 2 is 2.00 bits per heavy atom. The summed E-state index contributed by atoms with van der Waals surface area (Å²) in [7, 11) is 0. The van der Waals surface area contributed by atoms with Gasteiger partial charge in [-0.3, -0.25) is 0 Å². The molecule has 20 heavy (non-hydrogen) atoms. The quantitative estimate of drug-likeness (QED) is 0.824. The van der Waals surface area contributed by atoms with Gasteiger partial charge in [-0.2, -0.15) is 5.10 Å². The third-order valence-electron chi connectivity index (χ3n) is 2.90. The molecule has 6 heteroatoms. The van der Waals surface area contributed by atoms with E-state index < -0.39 is 0 Å². The molecular weight excluding hydrogens is 365 g/mol. The molecule has 1 N–H and O–H groups in total. The smallest absolute Gasteiger partial charge is 0.162 e. The minimum atomic E-state index is -0.104. The molecule has 0 aliphatic heterocycles. The fraction of sp³-hybridized carbons (Fsp3) is 0.500. The summed E-state index contributed by atoms with van der Waals surface area (Å²) in [5.74, 6) is 2.54. The predicted molar refractivity (Wildman–Crippen MR) is 89.5 cm³/mol. The van der Waals surface area contributed by atoms with Gasteiger partial charge < -0.3 is 5.32 Å². The third kappa shape index (κ3) is 3.11. The molecule has 0 saturated carbocycles. The Morgan fingerprint density at radius 1 is 1.30 bits per heavy atom. The molecule has 0 aromatic carbocycles. The second kappa shape index (κ2) is 5.67. The molecule has 0 spiro atoms. The molecule has 0 fully saturated rings. The summed E-state index contributed by atoms with van der Waals surface area (Å²) in [6, 6.07) is 0. The van der Waals surface area contributed by atoms with Crippen molar-refractivity contribution in [2.24, 2.45) is 0 Å². The number of hydrogen-bond donors (Lipinski definition) is 1. The highest BCUT2D eigenvalue weighted by Crippen LogP contribution is 2.25. The van der Waals surface area contributed by atoms with Crippen LogP contribution in [0.2, 0.25) is 0 Å². The molecule has 0 radical (unpaired) electrons. The van der Waals surface area contributed by atoms with Gasteiger partial charge in [-0.1, -0.05) is 20.8 Å². The van der Waals surface area contributed by atoms with Crippen molar-refractivity contribution in [3.05, 3.63) is 27.4 Å². The van der Waals surface area contributed by atoms with Crippen molar-refractivity contribution in [3.8, 4) is 5.82 Å². The van der Waals surface area contributed by atoms with Crippen LogP contribution in [0.3, 0.4) is 0 Å². The number of aromatic nitrogens is 4. The Balaban J connectivity index is 2.63. The lowest BCUT2D eigenvalue weighted by atomic mass is 9.95. The van der Waals surface area contributed by atoms with Crippen LogP contribution in [-0.4, -0.2) is 26.3 Å². The second-order valence-electron chi connectivity index (χ2n) is 5.73. The summed E-state index contributed by atoms with van der Waals surface area (Å²) < 4.78 is 2.90. The zero-order valence-corrected chi connectivity index (χ0v) is 14.7. The number of nitrogens with one attached hydrogen (secondary N) is 1. The van der Waals surface area contributed by atoms with Crippen LogP contribution in [0.15, 0.2) is 12.4 Å². The van der Waals surface area contributed by atoms with Gasteiger partial charge in [0.1, 0.15) is 11.6 Å². The van der Waals surface area contributed by atoms with Crippen molar-refractivity contribution in [1.29, 1.82) is 0 Å². The van der Waals surface area contributed by atoms with Gasteiger partial charge in [0.25, 0.3) is 0 Å². The first-order chi connectivity index (χ1) is 9.32. The van der Waals surface area contributed by atoms with E-state index in [1.165, 1.54) is 0 Å². The Kier molecular flexibility index (Phi) is 4.31. The summed E-state index contributed by atoms with van der Waals surface area (Å²) in [6.45, 7) is 11.3. The zero-order chi connectivity index (χ0) is 14.9. The van der Waals surface area contributed by atoms with Gasteiger partial charge in [0, 0.05) is 23.7 Å². The number of halogens is 1. The second-order valence-corrected chi connectivity index (χ2v) is 6.97. The molecule has 0 saturated heterocycles. The zero-order valence-electron chi connectivity index (χ0n) is 12.5. The van der Waals surface area contributed by atoms with Gasteiger partial charge in [-0.15, -0.1) is 0 Å². The maximum absolute atomic E-state index is 4.72. The van der Waals surface area contributed by atoms with E-state index in [1.807, 2.05) is 24.0 Å². The first kappa shape index (κ1) is 15.2. The van der Waals surface area contributed by atoms with Crippen LogP contribution >= 0.6 is 22.6 Å². The lowest BCUT2D eigenvalue weighted by Crippen LogP contribution is -2.20. The lowest BCUT2D eigenvalue weighted by Gasteiger charge is -2.20. The molecule has 2 aromatic rings. The van der Waals surface area contributed by atoms with Crippen molar-refractivity contribution in [2.45, 2.75) is 40.0 Å². The van der Waals surface area contributed by atoms with E-state index in [-0.39, 0.29) is 5.41 Å². The Bertz CT molecular complexity index is 613. The fourth-order valence-corrected chi connectivity index (χ4v) is 2.21. The van der Waals surface area contributed by atoms with Crippen LogP contribution in [0.4, 0.5) is 5.82 Å². The van der Waals surface area contributed by atoms with Crippen molar-refractivity contribution < 1.29 is 0 Å². The highest BCUT2D eigenvalue weighted by Gasteiger charge is 2.22. The molecule has 0 atom stereocenters. The van der Waals surface area contributed by atoms with Crippen molar-refractivity contribution >= 4 is 28.4 Å². The number of anilines is 1. The van der Waals surface area contributed by atoms with Gasteiger partial charge in [-0.25, -0.2) is 14.6 Å². The van der Waals surface area contributed by atoms with Gasteiger partial charge >= 0.3 is 0 Å². The molecule has 0 amide bonds. The molecular formula is C14H20IN5. The average Bonchev–Trinajstić information content (AvgIpc) is 2.77. The molecule has 0 bridgehead atoms. The van der Waals surface area contributed by atoms with Crippen LogP contribution < -0.4 is 5.32 Å². The maximum Gasteiger partial charge on any atom is 0.162 e. The third-order valence-corrected chi connectivity index (χ3v) is 3.46. The summed E-state index contributed by atoms with van der Waals surface area (Å²) in [6.07, 6.45) is 3.80. The van der Waals surface area contributed by atoms with Gasteiger partial charge in [0.15, 0.2) is 5.82 Å². The number of nitrogens with zero attached hydrogens (tertiary/aromatic N) is 4. The first-order valence-electron chi connectivity index (χ1n) is 6.66. The highest BCUT2D eigenvalue weighted by atomic mass is 127. The van der Waals surface area contributed by atoms with E-state index in [2.05, 4.69) is 65.7 Å². The topological polar surface area (TPSA) is 55.6 Å². The molecule has 0 aliphatic carbocycles. The molecule has 0 unspecified atom stereocenters. The number of rotatable bonds is 3. The summed E-state index contributed by atoms with van der Waals surface area (Å²) >= 11 is 2.25. The Labute approximate surface area is 133 Å². The van der Waals surface area contributed by atoms with Crippen molar-refractivity contribution in [3.63, 3.8) is 0 Å². The predicted octanol–water partition coefficient (Wildman–Crippen LogP) is 3.30. The van der Waals surface area contributed by atoms with E-state index in [0.717, 1.165) is 33.1 Å². The Morgan fingerprint density at radius 3 is 2.50 bits per heavy atom. The molecule has 2 rings (SSSR count). The summed E-state index contributed by atoms with van der Waals surface area (Å²) in [4.78, 5) is 9.38. The molecule has 5 nitrogen and oxygen atoms in total. The number of hydrogen-bond acceptors (Lipinski definition) is 4. The van der Waals surface area contributed by atoms with Gasteiger partial charge in [-0.05, 0) is 36.4 Å². The van der Waals surface area contributed by atoms with E-state index >= 15 is 0 Å². The average molecular weight is 385 g/mol. The van der Waals surface area contributed by atoms with E-state index in [0.29, 0.717) is 0 Å². The minimum absolute atomic E-state index is 0.104. The summed E-state index contributed by atoms with van der Waals surface area (Å²) in [5, 5.41) is 7.67. The highest BCUT2D eigenvalue weighted by molar-refractivity contribution is 14.1. The van der Waals surface area contributed by atoms with Crippen LogP contribution in [-0.2, 0) is 5.41 Å². The van der Waals surface area contributed by atoms with Crippen molar-refractivity contribution in [2.75, 3.05) is 11.9 Å². The SMILES string of the molecule is CCNc1nc(C(C)(C)C)nc(-n2cc(I)cn2)c1C. The molecule has 108 valence electrons. The molecule has 2 aromatic heterocycles. The van der Waals surface area contributed by atoms with E-state index in [4.69, 9.17) is 4.98 Å².